The Morgan fingerprint density at radius 1 is 1.24 bits per heavy atom. The molecule has 0 atom stereocenters. The van der Waals surface area contributed by atoms with Crippen molar-refractivity contribution in [3.8, 4) is 0 Å². The second-order valence-corrected chi connectivity index (χ2v) is 5.45. The van der Waals surface area contributed by atoms with Crippen LogP contribution in [0.4, 0.5) is 5.69 Å². The van der Waals surface area contributed by atoms with Crippen LogP contribution in [0.2, 0.25) is 5.02 Å². The molecule has 2 aromatic rings. The van der Waals surface area contributed by atoms with Crippen molar-refractivity contribution in [2.24, 2.45) is 0 Å². The van der Waals surface area contributed by atoms with Gasteiger partial charge in [0.05, 0.1) is 27.5 Å². The summed E-state index contributed by atoms with van der Waals surface area (Å²) in [5.41, 5.74) is 0.158. The van der Waals surface area contributed by atoms with Crippen LogP contribution in [0.5, 0.6) is 0 Å². The molecule has 0 spiro atoms. The lowest BCUT2D eigenvalue weighted by atomic mass is 10.2. The summed E-state index contributed by atoms with van der Waals surface area (Å²) in [5, 5.41) is 11.6. The van der Waals surface area contributed by atoms with Crippen LogP contribution in [0.25, 0.3) is 0 Å². The summed E-state index contributed by atoms with van der Waals surface area (Å²) in [5.74, 6) is -0.550. The van der Waals surface area contributed by atoms with E-state index in [2.05, 4.69) is 4.74 Å². The van der Waals surface area contributed by atoms with Crippen LogP contribution >= 0.6 is 23.4 Å². The molecule has 0 aliphatic heterocycles. The summed E-state index contributed by atoms with van der Waals surface area (Å²) >= 11 is 7.18. The van der Waals surface area contributed by atoms with Crippen LogP contribution in [0.3, 0.4) is 0 Å². The molecule has 0 bridgehead atoms. The van der Waals surface area contributed by atoms with Gasteiger partial charge in [0.25, 0.3) is 5.69 Å². The Balaban J connectivity index is 2.46. The molecule has 5 nitrogen and oxygen atoms in total. The molecule has 0 aliphatic carbocycles. The van der Waals surface area contributed by atoms with E-state index in [1.165, 1.54) is 25.3 Å². The van der Waals surface area contributed by atoms with Crippen molar-refractivity contribution >= 4 is 35.0 Å². The maximum absolute atomic E-state index is 11.5. The number of nitro groups is 1. The fraction of sp³-hybridized carbons (Fsp3) is 0.0714. The van der Waals surface area contributed by atoms with Gasteiger partial charge in [-0.05, 0) is 24.3 Å². The van der Waals surface area contributed by atoms with Gasteiger partial charge in [0.15, 0.2) is 0 Å². The number of esters is 1. The molecule has 2 rings (SSSR count). The highest BCUT2D eigenvalue weighted by Crippen LogP contribution is 2.38. The van der Waals surface area contributed by atoms with Crippen molar-refractivity contribution in [1.29, 1.82) is 0 Å². The van der Waals surface area contributed by atoms with Gasteiger partial charge in [-0.2, -0.15) is 0 Å². The van der Waals surface area contributed by atoms with E-state index in [9.17, 15) is 14.9 Å². The molecule has 21 heavy (non-hydrogen) atoms. The highest BCUT2D eigenvalue weighted by molar-refractivity contribution is 7.99. The number of nitro benzene ring substituents is 1. The number of halogens is 1. The number of benzene rings is 2. The summed E-state index contributed by atoms with van der Waals surface area (Å²) < 4.78 is 4.62. The van der Waals surface area contributed by atoms with Crippen molar-refractivity contribution in [3.63, 3.8) is 0 Å². The predicted molar refractivity (Wildman–Crippen MR) is 80.0 cm³/mol. The SMILES string of the molecule is COC(=O)c1ccc([N+](=O)[O-])c(Sc2ccccc2Cl)c1. The van der Waals surface area contributed by atoms with Gasteiger partial charge in [-0.25, -0.2) is 4.79 Å². The number of rotatable bonds is 4. The Morgan fingerprint density at radius 2 is 1.95 bits per heavy atom. The summed E-state index contributed by atoms with van der Waals surface area (Å²) in [6.45, 7) is 0. The molecule has 0 unspecified atom stereocenters. The summed E-state index contributed by atoms with van der Waals surface area (Å²) in [6, 6.07) is 11.1. The molecular weight excluding hydrogens is 314 g/mol. The van der Waals surface area contributed by atoms with E-state index in [1.807, 2.05) is 0 Å². The van der Waals surface area contributed by atoms with Gasteiger partial charge >= 0.3 is 5.97 Å². The third kappa shape index (κ3) is 3.53. The molecule has 7 heteroatoms. The molecule has 0 radical (unpaired) electrons. The van der Waals surface area contributed by atoms with Crippen LogP contribution in [0.1, 0.15) is 10.4 Å². The largest absolute Gasteiger partial charge is 0.465 e. The van der Waals surface area contributed by atoms with E-state index in [1.54, 1.807) is 24.3 Å². The number of nitrogens with zero attached hydrogens (tertiary/aromatic N) is 1. The minimum atomic E-state index is -0.550. The molecule has 0 heterocycles. The first-order valence-corrected chi connectivity index (χ1v) is 7.01. The molecule has 0 saturated carbocycles. The Kier molecular flexibility index (Phi) is 4.82. The molecule has 0 N–H and O–H groups in total. The highest BCUT2D eigenvalue weighted by atomic mass is 35.5. The van der Waals surface area contributed by atoms with Gasteiger partial charge in [-0.3, -0.25) is 10.1 Å². The Hall–Kier alpha value is -2.05. The second-order valence-electron chi connectivity index (χ2n) is 3.96. The van der Waals surface area contributed by atoms with Crippen molar-refractivity contribution in [1.82, 2.24) is 0 Å². The van der Waals surface area contributed by atoms with Crippen molar-refractivity contribution in [3.05, 3.63) is 63.2 Å². The maximum Gasteiger partial charge on any atom is 0.337 e. The number of carbonyl (C=O) groups is 1. The first-order valence-electron chi connectivity index (χ1n) is 5.82. The lowest BCUT2D eigenvalue weighted by Crippen LogP contribution is -2.02. The van der Waals surface area contributed by atoms with Crippen LogP contribution in [-0.4, -0.2) is 18.0 Å². The van der Waals surface area contributed by atoms with Crippen molar-refractivity contribution in [2.45, 2.75) is 9.79 Å². The smallest absolute Gasteiger partial charge is 0.337 e. The van der Waals surface area contributed by atoms with Crippen molar-refractivity contribution in [2.75, 3.05) is 7.11 Å². The number of hydrogen-bond acceptors (Lipinski definition) is 5. The van der Waals surface area contributed by atoms with Crippen LogP contribution in [0, 0.1) is 10.1 Å². The van der Waals surface area contributed by atoms with Gasteiger partial charge in [0, 0.05) is 11.0 Å². The summed E-state index contributed by atoms with van der Waals surface area (Å²) in [6.07, 6.45) is 0. The quantitative estimate of drug-likeness (QED) is 0.479. The molecule has 0 amide bonds. The van der Waals surface area contributed by atoms with Gasteiger partial charge in [-0.15, -0.1) is 0 Å². The maximum atomic E-state index is 11.5. The lowest BCUT2D eigenvalue weighted by Gasteiger charge is -2.06. The minimum absolute atomic E-state index is 0.0902. The number of methoxy groups -OCH3 is 1. The van der Waals surface area contributed by atoms with E-state index in [4.69, 9.17) is 11.6 Å². The third-order valence-corrected chi connectivity index (χ3v) is 4.20. The normalized spacial score (nSPS) is 10.2. The lowest BCUT2D eigenvalue weighted by molar-refractivity contribution is -0.387. The Labute approximate surface area is 130 Å². The zero-order valence-electron chi connectivity index (χ0n) is 10.9. The number of carbonyl (C=O) groups excluding carboxylic acids is 1. The first-order chi connectivity index (χ1) is 10.0. The molecule has 2 aromatic carbocycles. The Morgan fingerprint density at radius 3 is 2.57 bits per heavy atom. The van der Waals surface area contributed by atoms with Crippen molar-refractivity contribution < 1.29 is 14.5 Å². The number of hydrogen-bond donors (Lipinski definition) is 0. The fourth-order valence-electron chi connectivity index (χ4n) is 1.64. The van der Waals surface area contributed by atoms with E-state index in [0.29, 0.717) is 14.8 Å². The van der Waals surface area contributed by atoms with E-state index in [-0.39, 0.29) is 11.3 Å². The predicted octanol–water partition coefficient (Wildman–Crippen LogP) is 4.19. The minimum Gasteiger partial charge on any atom is -0.465 e. The summed E-state index contributed by atoms with van der Waals surface area (Å²) in [4.78, 5) is 23.1. The average molecular weight is 324 g/mol. The highest BCUT2D eigenvalue weighted by Gasteiger charge is 2.18. The van der Waals surface area contributed by atoms with E-state index >= 15 is 0 Å². The average Bonchev–Trinajstić information content (AvgIpc) is 2.48. The zero-order chi connectivity index (χ0) is 15.4. The fourth-order valence-corrected chi connectivity index (χ4v) is 2.87. The second kappa shape index (κ2) is 6.60. The Bertz CT molecular complexity index is 705. The van der Waals surface area contributed by atoms with Crippen LogP contribution in [-0.2, 0) is 4.74 Å². The molecule has 108 valence electrons. The molecule has 0 saturated heterocycles. The van der Waals surface area contributed by atoms with Crippen LogP contribution in [0.15, 0.2) is 52.3 Å². The molecule has 0 aliphatic rings. The van der Waals surface area contributed by atoms with Gasteiger partial charge in [0.2, 0.25) is 0 Å². The van der Waals surface area contributed by atoms with Gasteiger partial charge < -0.3 is 4.74 Å². The van der Waals surface area contributed by atoms with Gasteiger partial charge in [0.1, 0.15) is 0 Å². The van der Waals surface area contributed by atoms with Crippen LogP contribution < -0.4 is 0 Å². The topological polar surface area (TPSA) is 69.4 Å². The van der Waals surface area contributed by atoms with E-state index in [0.717, 1.165) is 11.8 Å². The van der Waals surface area contributed by atoms with Gasteiger partial charge in [-0.1, -0.05) is 35.5 Å². The number of ether oxygens (including phenoxy) is 1. The zero-order valence-corrected chi connectivity index (χ0v) is 12.5. The molecular formula is C14H10ClNO4S. The monoisotopic (exact) mass is 323 g/mol. The van der Waals surface area contributed by atoms with E-state index < -0.39 is 10.9 Å². The third-order valence-electron chi connectivity index (χ3n) is 2.63. The first kappa shape index (κ1) is 15.3. The standard InChI is InChI=1S/C14H10ClNO4S/c1-20-14(17)9-6-7-11(16(18)19)13(8-9)21-12-5-3-2-4-10(12)15/h2-8H,1H3. The molecule has 0 aromatic heterocycles. The molecule has 0 fully saturated rings. The summed E-state index contributed by atoms with van der Waals surface area (Å²) in [7, 11) is 1.25.